The fraction of sp³-hybridized carbons (Fsp3) is 0.500. The molecule has 3 heterocycles. The second-order valence-corrected chi connectivity index (χ2v) is 7.87. The Morgan fingerprint density at radius 1 is 1.15 bits per heavy atom. The van der Waals surface area contributed by atoms with Gasteiger partial charge in [-0.3, -0.25) is 4.98 Å². The monoisotopic (exact) mass is 369 g/mol. The molecule has 0 spiro atoms. The van der Waals surface area contributed by atoms with Crippen molar-refractivity contribution < 1.29 is 9.13 Å². The van der Waals surface area contributed by atoms with Gasteiger partial charge >= 0.3 is 0 Å². The molecule has 2 saturated heterocycles. The van der Waals surface area contributed by atoms with Crippen LogP contribution in [0.3, 0.4) is 0 Å². The van der Waals surface area contributed by atoms with E-state index in [2.05, 4.69) is 33.0 Å². The van der Waals surface area contributed by atoms with Crippen molar-refractivity contribution >= 4 is 5.69 Å². The molecule has 1 atom stereocenters. The van der Waals surface area contributed by atoms with Gasteiger partial charge in [0.25, 0.3) is 0 Å². The molecule has 144 valence electrons. The third kappa shape index (κ3) is 4.14. The number of aromatic nitrogens is 1. The maximum absolute atomic E-state index is 13.8. The first-order valence-corrected chi connectivity index (χ1v) is 9.88. The van der Waals surface area contributed by atoms with Crippen molar-refractivity contribution in [3.05, 3.63) is 59.7 Å². The zero-order valence-corrected chi connectivity index (χ0v) is 16.0. The maximum atomic E-state index is 13.8. The molecule has 1 aromatic carbocycles. The molecule has 2 aromatic rings. The molecule has 0 N–H and O–H groups in total. The summed E-state index contributed by atoms with van der Waals surface area (Å²) in [5, 5.41) is 0. The van der Waals surface area contributed by atoms with Gasteiger partial charge in [-0.1, -0.05) is 12.1 Å². The quantitative estimate of drug-likeness (QED) is 0.826. The molecule has 0 radical (unpaired) electrons. The van der Waals surface area contributed by atoms with Crippen LogP contribution in [0.1, 0.15) is 24.1 Å². The highest BCUT2D eigenvalue weighted by atomic mass is 19.1. The lowest BCUT2D eigenvalue weighted by molar-refractivity contribution is 0.153. The van der Waals surface area contributed by atoms with E-state index in [1.54, 1.807) is 6.07 Å². The molecule has 4 nitrogen and oxygen atoms in total. The van der Waals surface area contributed by atoms with Gasteiger partial charge in [-0.25, -0.2) is 4.39 Å². The van der Waals surface area contributed by atoms with Crippen molar-refractivity contribution in [2.45, 2.75) is 25.2 Å². The summed E-state index contributed by atoms with van der Waals surface area (Å²) in [4.78, 5) is 9.30. The second-order valence-electron chi connectivity index (χ2n) is 7.87. The highest BCUT2D eigenvalue weighted by Crippen LogP contribution is 2.35. The number of ether oxygens (including phenoxy) is 1. The van der Waals surface area contributed by atoms with Crippen LogP contribution in [-0.2, 0) is 10.2 Å². The molecule has 27 heavy (non-hydrogen) atoms. The number of anilines is 1. The summed E-state index contributed by atoms with van der Waals surface area (Å²) in [6.07, 6.45) is 3.98. The van der Waals surface area contributed by atoms with E-state index in [0.29, 0.717) is 6.61 Å². The first-order valence-electron chi connectivity index (χ1n) is 9.88. The maximum Gasteiger partial charge on any atom is 0.123 e. The highest BCUT2D eigenvalue weighted by molar-refractivity contribution is 5.46. The zero-order valence-electron chi connectivity index (χ0n) is 16.0. The van der Waals surface area contributed by atoms with Gasteiger partial charge in [0, 0.05) is 55.8 Å². The molecule has 0 unspecified atom stereocenters. The Balaban J connectivity index is 1.47. The average Bonchev–Trinajstić information content (AvgIpc) is 3.02. The van der Waals surface area contributed by atoms with Crippen molar-refractivity contribution in [2.75, 3.05) is 50.8 Å². The molecule has 0 saturated carbocycles. The predicted molar refractivity (Wildman–Crippen MR) is 106 cm³/mol. The van der Waals surface area contributed by atoms with Crippen LogP contribution in [0.25, 0.3) is 0 Å². The highest BCUT2D eigenvalue weighted by Gasteiger charge is 2.38. The number of aryl methyl sites for hydroxylation is 1. The van der Waals surface area contributed by atoms with Crippen LogP contribution in [0, 0.1) is 12.7 Å². The van der Waals surface area contributed by atoms with Gasteiger partial charge in [-0.05, 0) is 56.1 Å². The summed E-state index contributed by atoms with van der Waals surface area (Å²) in [6.45, 7) is 8.55. The lowest BCUT2D eigenvalue weighted by Gasteiger charge is -2.34. The van der Waals surface area contributed by atoms with Crippen LogP contribution in [0.5, 0.6) is 0 Å². The van der Waals surface area contributed by atoms with Gasteiger partial charge < -0.3 is 14.5 Å². The van der Waals surface area contributed by atoms with Crippen molar-refractivity contribution in [3.63, 3.8) is 0 Å². The van der Waals surface area contributed by atoms with Gasteiger partial charge in [-0.2, -0.15) is 0 Å². The number of nitrogens with zero attached hydrogens (tertiary/aromatic N) is 3. The Labute approximate surface area is 161 Å². The minimum atomic E-state index is -0.158. The topological polar surface area (TPSA) is 28.6 Å². The van der Waals surface area contributed by atoms with Crippen LogP contribution in [-0.4, -0.2) is 55.8 Å². The van der Waals surface area contributed by atoms with Gasteiger partial charge in [0.05, 0.1) is 6.61 Å². The van der Waals surface area contributed by atoms with E-state index < -0.39 is 0 Å². The smallest absolute Gasteiger partial charge is 0.123 e. The molecular weight excluding hydrogens is 341 g/mol. The molecule has 2 fully saturated rings. The number of hydrogen-bond acceptors (Lipinski definition) is 4. The Morgan fingerprint density at radius 2 is 2.07 bits per heavy atom. The number of hydrogen-bond donors (Lipinski definition) is 0. The van der Waals surface area contributed by atoms with Crippen LogP contribution >= 0.6 is 0 Å². The van der Waals surface area contributed by atoms with Crippen molar-refractivity contribution in [3.8, 4) is 0 Å². The SMILES string of the molecule is Cc1cc(N2CCCN(C[C@@]3(c4cccc(F)c4)CCOC3)CC2)ccn1. The molecule has 2 aliphatic heterocycles. The first kappa shape index (κ1) is 18.4. The van der Waals surface area contributed by atoms with E-state index >= 15 is 0 Å². The van der Waals surface area contributed by atoms with E-state index in [4.69, 9.17) is 4.74 Å². The molecule has 5 heteroatoms. The van der Waals surface area contributed by atoms with Crippen molar-refractivity contribution in [1.82, 2.24) is 9.88 Å². The number of benzene rings is 1. The number of halogens is 1. The Morgan fingerprint density at radius 3 is 2.85 bits per heavy atom. The second kappa shape index (κ2) is 7.95. The molecule has 1 aromatic heterocycles. The molecular formula is C22H28FN3O. The van der Waals surface area contributed by atoms with E-state index in [-0.39, 0.29) is 11.2 Å². The fourth-order valence-corrected chi connectivity index (χ4v) is 4.41. The van der Waals surface area contributed by atoms with Gasteiger partial charge in [0.15, 0.2) is 0 Å². The van der Waals surface area contributed by atoms with E-state index in [9.17, 15) is 4.39 Å². The lowest BCUT2D eigenvalue weighted by atomic mass is 9.79. The van der Waals surface area contributed by atoms with Gasteiger partial charge in [0.1, 0.15) is 5.82 Å². The summed E-state index contributed by atoms with van der Waals surface area (Å²) in [5.41, 5.74) is 3.30. The lowest BCUT2D eigenvalue weighted by Crippen LogP contribution is -2.43. The Hall–Kier alpha value is -1.98. The van der Waals surface area contributed by atoms with Gasteiger partial charge in [-0.15, -0.1) is 0 Å². The molecule has 4 rings (SSSR count). The zero-order chi connectivity index (χ0) is 18.7. The minimum absolute atomic E-state index is 0.0927. The van der Waals surface area contributed by atoms with E-state index in [1.165, 1.54) is 11.8 Å². The average molecular weight is 369 g/mol. The Bertz CT molecular complexity index is 776. The summed E-state index contributed by atoms with van der Waals surface area (Å²) < 4.78 is 19.6. The molecule has 0 amide bonds. The standard InChI is InChI=1S/C22H28FN3O/c1-18-14-21(6-8-24-18)26-10-3-9-25(11-12-26)16-22(7-13-27-17-22)19-4-2-5-20(23)15-19/h2,4-6,8,14-15H,3,7,9-13,16-17H2,1H3/t22-/m0/s1. The fourth-order valence-electron chi connectivity index (χ4n) is 4.41. The molecule has 2 aliphatic rings. The molecule has 0 bridgehead atoms. The van der Waals surface area contributed by atoms with Crippen LogP contribution in [0.2, 0.25) is 0 Å². The summed E-state index contributed by atoms with van der Waals surface area (Å²) in [6, 6.07) is 11.4. The summed E-state index contributed by atoms with van der Waals surface area (Å²) >= 11 is 0. The number of rotatable bonds is 4. The van der Waals surface area contributed by atoms with Crippen molar-refractivity contribution in [2.24, 2.45) is 0 Å². The largest absolute Gasteiger partial charge is 0.380 e. The van der Waals surface area contributed by atoms with Crippen LogP contribution in [0.15, 0.2) is 42.6 Å². The van der Waals surface area contributed by atoms with Crippen LogP contribution in [0.4, 0.5) is 10.1 Å². The van der Waals surface area contributed by atoms with E-state index in [1.807, 2.05) is 19.2 Å². The minimum Gasteiger partial charge on any atom is -0.380 e. The third-order valence-corrected chi connectivity index (χ3v) is 5.90. The predicted octanol–water partition coefficient (Wildman–Crippen LogP) is 3.40. The van der Waals surface area contributed by atoms with Crippen LogP contribution < -0.4 is 4.90 Å². The summed E-state index contributed by atoms with van der Waals surface area (Å²) in [7, 11) is 0. The summed E-state index contributed by atoms with van der Waals surface area (Å²) in [5.74, 6) is -0.158. The Kier molecular flexibility index (Phi) is 5.41. The first-order chi connectivity index (χ1) is 13.1. The molecule has 0 aliphatic carbocycles. The van der Waals surface area contributed by atoms with Crippen molar-refractivity contribution in [1.29, 1.82) is 0 Å². The van der Waals surface area contributed by atoms with Gasteiger partial charge in [0.2, 0.25) is 0 Å². The number of pyridine rings is 1. The van der Waals surface area contributed by atoms with E-state index in [0.717, 1.165) is 63.4 Å². The third-order valence-electron chi connectivity index (χ3n) is 5.90. The normalized spacial score (nSPS) is 24.1.